The van der Waals surface area contributed by atoms with E-state index in [1.807, 2.05) is 0 Å². The van der Waals surface area contributed by atoms with Crippen LogP contribution in [0.3, 0.4) is 0 Å². The number of aromatic carboxylic acids is 1. The van der Waals surface area contributed by atoms with E-state index in [1.54, 1.807) is 12.1 Å². The molecule has 0 saturated heterocycles. The minimum absolute atomic E-state index is 0.245. The zero-order valence-electron chi connectivity index (χ0n) is 5.89. The van der Waals surface area contributed by atoms with Gasteiger partial charge in [-0.05, 0) is 12.1 Å². The summed E-state index contributed by atoms with van der Waals surface area (Å²) in [6.07, 6.45) is 1.51. The fraction of sp³-hybridized carbons (Fsp3) is 0. The molecule has 0 aliphatic heterocycles. The lowest BCUT2D eigenvalue weighted by Gasteiger charge is -1.79. The monoisotopic (exact) mass is 164 g/mol. The summed E-state index contributed by atoms with van der Waals surface area (Å²) in [6.45, 7) is 0. The van der Waals surface area contributed by atoms with E-state index in [9.17, 15) is 4.79 Å². The minimum atomic E-state index is -1.19. The number of fused-ring (bicyclic) bond motifs is 1. The Bertz CT molecular complexity index is 402. The second-order valence-electron chi connectivity index (χ2n) is 2.15. The second-order valence-corrected chi connectivity index (χ2v) is 2.15. The number of nitrogens with zero attached hydrogens (tertiary/aromatic N) is 2. The Morgan fingerprint density at radius 2 is 2.42 bits per heavy atom. The molecule has 1 N–H and O–H groups in total. The van der Waals surface area contributed by atoms with Gasteiger partial charge in [0, 0.05) is 6.20 Å². The van der Waals surface area contributed by atoms with Crippen LogP contribution in [0.4, 0.5) is 0 Å². The number of rotatable bonds is 1. The van der Waals surface area contributed by atoms with Crippen molar-refractivity contribution in [2.75, 3.05) is 0 Å². The number of carboxylic acids is 1. The lowest BCUT2D eigenvalue weighted by Crippen LogP contribution is -1.94. The van der Waals surface area contributed by atoms with Gasteiger partial charge in [-0.3, -0.25) is 0 Å². The molecule has 2 rings (SSSR count). The van der Waals surface area contributed by atoms with Crippen molar-refractivity contribution >= 4 is 17.2 Å². The van der Waals surface area contributed by atoms with Crippen LogP contribution in [0.5, 0.6) is 0 Å². The molecule has 60 valence electrons. The molecule has 0 bridgehead atoms. The van der Waals surface area contributed by atoms with Crippen molar-refractivity contribution in [1.29, 1.82) is 0 Å². The van der Waals surface area contributed by atoms with Crippen LogP contribution in [0.25, 0.3) is 11.2 Å². The van der Waals surface area contributed by atoms with Crippen molar-refractivity contribution in [3.8, 4) is 0 Å². The molecule has 2 heterocycles. The average Bonchev–Trinajstić information content (AvgIpc) is 2.46. The van der Waals surface area contributed by atoms with Crippen LogP contribution in [0.1, 0.15) is 10.7 Å². The Morgan fingerprint density at radius 3 is 3.08 bits per heavy atom. The van der Waals surface area contributed by atoms with Crippen LogP contribution in [0.15, 0.2) is 22.7 Å². The predicted octanol–water partition coefficient (Wildman–Crippen LogP) is 0.921. The van der Waals surface area contributed by atoms with Crippen molar-refractivity contribution in [2.24, 2.45) is 0 Å². The highest BCUT2D eigenvalue weighted by Crippen LogP contribution is 2.11. The highest BCUT2D eigenvalue weighted by Gasteiger charge is 2.11. The molecule has 0 unspecified atom stereocenters. The van der Waals surface area contributed by atoms with Gasteiger partial charge in [0.1, 0.15) is 5.52 Å². The highest BCUT2D eigenvalue weighted by atomic mass is 16.4. The quantitative estimate of drug-likeness (QED) is 0.678. The van der Waals surface area contributed by atoms with Crippen molar-refractivity contribution in [1.82, 2.24) is 9.97 Å². The van der Waals surface area contributed by atoms with Crippen LogP contribution < -0.4 is 0 Å². The molecule has 0 aromatic carbocycles. The molecule has 5 heteroatoms. The maximum atomic E-state index is 10.4. The highest BCUT2D eigenvalue weighted by molar-refractivity contribution is 5.85. The lowest BCUT2D eigenvalue weighted by atomic mass is 10.4. The van der Waals surface area contributed by atoms with Gasteiger partial charge in [-0.1, -0.05) is 0 Å². The molecule has 5 nitrogen and oxygen atoms in total. The Morgan fingerprint density at radius 1 is 1.58 bits per heavy atom. The van der Waals surface area contributed by atoms with Crippen molar-refractivity contribution in [3.63, 3.8) is 0 Å². The summed E-state index contributed by atoms with van der Waals surface area (Å²) in [4.78, 5) is 17.9. The van der Waals surface area contributed by atoms with E-state index in [-0.39, 0.29) is 11.6 Å². The molecule has 0 radical (unpaired) electrons. The molecule has 12 heavy (non-hydrogen) atoms. The van der Waals surface area contributed by atoms with Gasteiger partial charge in [0.25, 0.3) is 0 Å². The third kappa shape index (κ3) is 0.914. The summed E-state index contributed by atoms with van der Waals surface area (Å²) in [5.74, 6) is -1.52. The first-order valence-electron chi connectivity index (χ1n) is 3.22. The number of hydrogen-bond donors (Lipinski definition) is 1. The Labute approximate surface area is 66.7 Å². The van der Waals surface area contributed by atoms with E-state index in [0.717, 1.165) is 0 Å². The molecular weight excluding hydrogens is 160 g/mol. The summed E-state index contributed by atoms with van der Waals surface area (Å²) in [6, 6.07) is 3.30. The average molecular weight is 164 g/mol. The topological polar surface area (TPSA) is 76.2 Å². The van der Waals surface area contributed by atoms with Crippen LogP contribution in [0, 0.1) is 0 Å². The fourth-order valence-electron chi connectivity index (χ4n) is 0.861. The molecule has 2 aromatic rings. The first kappa shape index (κ1) is 6.78. The van der Waals surface area contributed by atoms with Gasteiger partial charge in [0.2, 0.25) is 5.71 Å². The first-order chi connectivity index (χ1) is 5.77. The molecule has 2 aromatic heterocycles. The summed E-state index contributed by atoms with van der Waals surface area (Å²) < 4.78 is 4.81. The van der Waals surface area contributed by atoms with E-state index < -0.39 is 5.97 Å². The SMILES string of the molecule is O=C(O)c1nc2cccnc2o1. The van der Waals surface area contributed by atoms with Crippen LogP contribution in [-0.2, 0) is 0 Å². The molecule has 0 aliphatic rings. The number of carboxylic acid groups (broad SMARTS) is 1. The maximum Gasteiger partial charge on any atom is 0.392 e. The Kier molecular flexibility index (Phi) is 1.30. The predicted molar refractivity (Wildman–Crippen MR) is 38.8 cm³/mol. The van der Waals surface area contributed by atoms with Crippen molar-refractivity contribution in [3.05, 3.63) is 24.2 Å². The van der Waals surface area contributed by atoms with Crippen LogP contribution >= 0.6 is 0 Å². The number of oxazole rings is 1. The van der Waals surface area contributed by atoms with E-state index >= 15 is 0 Å². The van der Waals surface area contributed by atoms with Gasteiger partial charge >= 0.3 is 11.9 Å². The number of pyridine rings is 1. The molecule has 0 atom stereocenters. The standard InChI is InChI=1S/C7H4N2O3/c10-7(11)6-9-4-2-1-3-8-5(4)12-6/h1-3H,(H,10,11). The van der Waals surface area contributed by atoms with Gasteiger partial charge < -0.3 is 9.52 Å². The third-order valence-electron chi connectivity index (χ3n) is 1.35. The minimum Gasteiger partial charge on any atom is -0.474 e. The van der Waals surface area contributed by atoms with Crippen molar-refractivity contribution < 1.29 is 14.3 Å². The smallest absolute Gasteiger partial charge is 0.392 e. The van der Waals surface area contributed by atoms with Gasteiger partial charge in [0.15, 0.2) is 0 Å². The zero-order chi connectivity index (χ0) is 8.55. The summed E-state index contributed by atoms with van der Waals surface area (Å²) >= 11 is 0. The van der Waals surface area contributed by atoms with E-state index in [4.69, 9.17) is 9.52 Å². The summed E-state index contributed by atoms with van der Waals surface area (Å²) in [5.41, 5.74) is 0.699. The zero-order valence-corrected chi connectivity index (χ0v) is 5.89. The van der Waals surface area contributed by atoms with E-state index in [1.165, 1.54) is 6.20 Å². The second kappa shape index (κ2) is 2.30. The van der Waals surface area contributed by atoms with Gasteiger partial charge in [-0.25, -0.2) is 14.8 Å². The van der Waals surface area contributed by atoms with Crippen molar-refractivity contribution in [2.45, 2.75) is 0 Å². The van der Waals surface area contributed by atoms with Crippen LogP contribution in [-0.4, -0.2) is 21.0 Å². The van der Waals surface area contributed by atoms with Gasteiger partial charge in [0.05, 0.1) is 0 Å². The molecule has 0 saturated carbocycles. The maximum absolute atomic E-state index is 10.4. The van der Waals surface area contributed by atoms with Gasteiger partial charge in [-0.15, -0.1) is 0 Å². The number of carbonyl (C=O) groups is 1. The lowest BCUT2D eigenvalue weighted by molar-refractivity contribution is 0.0656. The molecule has 0 aliphatic carbocycles. The summed E-state index contributed by atoms with van der Waals surface area (Å²) in [7, 11) is 0. The molecule has 0 fully saturated rings. The van der Waals surface area contributed by atoms with Gasteiger partial charge in [-0.2, -0.15) is 0 Å². The number of aromatic nitrogens is 2. The molecule has 0 spiro atoms. The van der Waals surface area contributed by atoms with E-state index in [0.29, 0.717) is 5.52 Å². The Hall–Kier alpha value is -1.91. The number of hydrogen-bond acceptors (Lipinski definition) is 4. The normalized spacial score (nSPS) is 10.3. The Balaban J connectivity index is 2.70. The van der Waals surface area contributed by atoms with Crippen LogP contribution in [0.2, 0.25) is 0 Å². The molecular formula is C7H4N2O3. The van der Waals surface area contributed by atoms with E-state index in [2.05, 4.69) is 9.97 Å². The third-order valence-corrected chi connectivity index (χ3v) is 1.35. The fourth-order valence-corrected chi connectivity index (χ4v) is 0.861. The summed E-state index contributed by atoms with van der Waals surface area (Å²) in [5, 5.41) is 8.50. The molecule has 0 amide bonds. The largest absolute Gasteiger partial charge is 0.474 e. The first-order valence-corrected chi connectivity index (χ1v) is 3.22.